The summed E-state index contributed by atoms with van der Waals surface area (Å²) in [4.78, 5) is 25.2. The summed E-state index contributed by atoms with van der Waals surface area (Å²) in [7, 11) is 0. The van der Waals surface area contributed by atoms with Crippen molar-refractivity contribution < 1.29 is 14.3 Å². The van der Waals surface area contributed by atoms with Gasteiger partial charge in [-0.2, -0.15) is 0 Å². The van der Waals surface area contributed by atoms with Crippen LogP contribution in [0, 0.1) is 46.3 Å². The molecule has 3 fully saturated rings. The van der Waals surface area contributed by atoms with Crippen LogP contribution in [-0.2, 0) is 4.74 Å². The maximum atomic E-state index is 13.0. The third-order valence-electron chi connectivity index (χ3n) is 12.5. The van der Waals surface area contributed by atoms with Gasteiger partial charge >= 0.3 is 5.97 Å². The lowest BCUT2D eigenvalue weighted by molar-refractivity contribution is -0.0594. The Labute approximate surface area is 250 Å². The second-order valence-corrected chi connectivity index (χ2v) is 15.3. The van der Waals surface area contributed by atoms with Crippen molar-refractivity contribution in [2.45, 2.75) is 131 Å². The van der Waals surface area contributed by atoms with Crippen LogP contribution in [0.3, 0.4) is 0 Å². The molecular weight excluding hydrogens is 504 g/mol. The number of esters is 1. The van der Waals surface area contributed by atoms with Crippen molar-refractivity contribution in [1.29, 1.82) is 0 Å². The van der Waals surface area contributed by atoms with Gasteiger partial charge in [0.15, 0.2) is 5.78 Å². The highest BCUT2D eigenvalue weighted by Crippen LogP contribution is 2.67. The number of hydrogen-bond donors (Lipinski definition) is 0. The van der Waals surface area contributed by atoms with Crippen LogP contribution in [-0.4, -0.2) is 17.9 Å². The second kappa shape index (κ2) is 12.4. The standard InChI is InChI=1S/C38H56O3/c1-7-9-35(39)27-12-14-28(15-13-27)36(40)41-30-20-22-37(5)29(24-30)16-17-31-33-19-18-32(26(4)11-8-10-25(2)3)38(33,6)23-21-34(31)37/h12-16,25-26,30-34H,7-11,17-24H2,1-6H3/t26-,30+,31+,32-,33+,34+,37+,38-/m1/s1. The van der Waals surface area contributed by atoms with Gasteiger partial charge in [-0.1, -0.05) is 84.6 Å². The van der Waals surface area contributed by atoms with Gasteiger partial charge in [0, 0.05) is 18.4 Å². The Morgan fingerprint density at radius 1 is 0.927 bits per heavy atom. The number of allylic oxidation sites excluding steroid dienone is 1. The predicted molar refractivity (Wildman–Crippen MR) is 168 cm³/mol. The number of benzene rings is 1. The molecule has 5 rings (SSSR count). The Bertz CT molecular complexity index is 1110. The van der Waals surface area contributed by atoms with Crippen LogP contribution in [0.1, 0.15) is 146 Å². The van der Waals surface area contributed by atoms with Gasteiger partial charge in [0.25, 0.3) is 0 Å². The first-order valence-electron chi connectivity index (χ1n) is 17.1. The minimum absolute atomic E-state index is 0.0452. The van der Waals surface area contributed by atoms with Gasteiger partial charge in [0.05, 0.1) is 5.56 Å². The molecule has 4 aliphatic rings. The van der Waals surface area contributed by atoms with Gasteiger partial charge in [-0.15, -0.1) is 0 Å². The summed E-state index contributed by atoms with van der Waals surface area (Å²) in [5.74, 6) is 4.92. The van der Waals surface area contributed by atoms with Crippen LogP contribution >= 0.6 is 0 Å². The molecule has 1 aromatic rings. The van der Waals surface area contributed by atoms with E-state index in [0.717, 1.165) is 61.2 Å². The minimum atomic E-state index is -0.254. The number of rotatable bonds is 10. The van der Waals surface area contributed by atoms with Crippen molar-refractivity contribution in [1.82, 2.24) is 0 Å². The first-order valence-corrected chi connectivity index (χ1v) is 17.1. The zero-order chi connectivity index (χ0) is 29.4. The molecule has 3 nitrogen and oxygen atoms in total. The number of ketones is 1. The van der Waals surface area contributed by atoms with E-state index in [1.807, 2.05) is 6.92 Å². The Morgan fingerprint density at radius 3 is 2.37 bits per heavy atom. The predicted octanol–water partition coefficient (Wildman–Crippen LogP) is 10.2. The number of carbonyl (C=O) groups excluding carboxylic acids is 2. The van der Waals surface area contributed by atoms with Gasteiger partial charge in [0.1, 0.15) is 6.10 Å². The maximum Gasteiger partial charge on any atom is 0.338 e. The Balaban J connectivity index is 1.21. The van der Waals surface area contributed by atoms with Crippen molar-refractivity contribution >= 4 is 11.8 Å². The van der Waals surface area contributed by atoms with E-state index >= 15 is 0 Å². The van der Waals surface area contributed by atoms with E-state index in [9.17, 15) is 9.59 Å². The molecule has 0 amide bonds. The van der Waals surface area contributed by atoms with Gasteiger partial charge < -0.3 is 4.74 Å². The molecule has 0 aromatic heterocycles. The van der Waals surface area contributed by atoms with Crippen molar-refractivity contribution in [3.8, 4) is 0 Å². The number of ether oxygens (including phenoxy) is 1. The zero-order valence-electron chi connectivity index (χ0n) is 26.8. The van der Waals surface area contributed by atoms with Gasteiger partial charge in [-0.3, -0.25) is 4.79 Å². The Hall–Kier alpha value is -1.90. The highest BCUT2D eigenvalue weighted by molar-refractivity contribution is 5.97. The highest BCUT2D eigenvalue weighted by atomic mass is 16.5. The largest absolute Gasteiger partial charge is 0.458 e. The molecule has 0 heterocycles. The van der Waals surface area contributed by atoms with Crippen LogP contribution in [0.2, 0.25) is 0 Å². The summed E-state index contributed by atoms with van der Waals surface area (Å²) in [6.07, 6.45) is 17.9. The van der Waals surface area contributed by atoms with E-state index < -0.39 is 0 Å². The van der Waals surface area contributed by atoms with Crippen molar-refractivity contribution in [3.05, 3.63) is 47.0 Å². The number of carbonyl (C=O) groups is 2. The number of Topliss-reactive ketones (excluding diaryl/α,β-unsaturated/α-hetero) is 1. The average molecular weight is 561 g/mol. The van der Waals surface area contributed by atoms with E-state index in [1.54, 1.807) is 29.8 Å². The third-order valence-corrected chi connectivity index (χ3v) is 12.5. The van der Waals surface area contributed by atoms with Gasteiger partial charge in [0.2, 0.25) is 0 Å². The Kier molecular flexibility index (Phi) is 9.22. The average Bonchev–Trinajstić information content (AvgIpc) is 3.30. The van der Waals surface area contributed by atoms with Gasteiger partial charge in [-0.05, 0) is 110 Å². The zero-order valence-corrected chi connectivity index (χ0v) is 26.8. The molecule has 4 aliphatic carbocycles. The second-order valence-electron chi connectivity index (χ2n) is 15.3. The van der Waals surface area contributed by atoms with E-state index in [-0.39, 0.29) is 23.3 Å². The summed E-state index contributed by atoms with van der Waals surface area (Å²) in [5.41, 5.74) is 3.56. The van der Waals surface area contributed by atoms with E-state index in [4.69, 9.17) is 4.74 Å². The van der Waals surface area contributed by atoms with Crippen molar-refractivity contribution in [2.24, 2.45) is 46.3 Å². The first-order chi connectivity index (χ1) is 19.6. The highest BCUT2D eigenvalue weighted by Gasteiger charge is 2.59. The van der Waals surface area contributed by atoms with Crippen LogP contribution in [0.15, 0.2) is 35.9 Å². The van der Waals surface area contributed by atoms with Gasteiger partial charge in [-0.25, -0.2) is 4.79 Å². The SMILES string of the molecule is CCCC(=O)c1ccc(C(=O)O[C@H]2CC[C@@]3(C)C(=CC[C@H]4[C@@H]5CC[C@H]([C@H](C)CCCC(C)C)[C@@]5(C)CC[C@@H]43)C2)cc1. The summed E-state index contributed by atoms with van der Waals surface area (Å²) >= 11 is 0. The minimum Gasteiger partial charge on any atom is -0.458 e. The molecule has 0 unspecified atom stereocenters. The van der Waals surface area contributed by atoms with Crippen LogP contribution in [0.5, 0.6) is 0 Å². The molecule has 8 atom stereocenters. The third kappa shape index (κ3) is 5.98. The summed E-state index contributed by atoms with van der Waals surface area (Å²) < 4.78 is 6.06. The van der Waals surface area contributed by atoms with E-state index in [0.29, 0.717) is 23.0 Å². The molecule has 3 saturated carbocycles. The molecule has 0 bridgehead atoms. The van der Waals surface area contributed by atoms with E-state index in [1.165, 1.54) is 51.4 Å². The van der Waals surface area contributed by atoms with Crippen LogP contribution < -0.4 is 0 Å². The lowest BCUT2D eigenvalue weighted by Gasteiger charge is -2.58. The normalized spacial score (nSPS) is 35.2. The topological polar surface area (TPSA) is 43.4 Å². The lowest BCUT2D eigenvalue weighted by atomic mass is 9.47. The van der Waals surface area contributed by atoms with E-state index in [2.05, 4.69) is 40.7 Å². The van der Waals surface area contributed by atoms with Crippen molar-refractivity contribution in [2.75, 3.05) is 0 Å². The number of fused-ring (bicyclic) bond motifs is 5. The molecule has 3 heteroatoms. The van der Waals surface area contributed by atoms with Crippen LogP contribution in [0.25, 0.3) is 0 Å². The fraction of sp³-hybridized carbons (Fsp3) is 0.737. The summed E-state index contributed by atoms with van der Waals surface area (Å²) in [6.45, 7) is 14.5. The molecular formula is C38H56O3. The van der Waals surface area contributed by atoms with Crippen LogP contribution in [0.4, 0.5) is 0 Å². The fourth-order valence-corrected chi connectivity index (χ4v) is 10.1. The maximum absolute atomic E-state index is 13.0. The molecule has 41 heavy (non-hydrogen) atoms. The monoisotopic (exact) mass is 560 g/mol. The molecule has 0 spiro atoms. The molecule has 0 saturated heterocycles. The lowest BCUT2D eigenvalue weighted by Crippen LogP contribution is -2.51. The number of hydrogen-bond acceptors (Lipinski definition) is 3. The summed E-state index contributed by atoms with van der Waals surface area (Å²) in [5, 5.41) is 0. The molecule has 0 aliphatic heterocycles. The smallest absolute Gasteiger partial charge is 0.338 e. The van der Waals surface area contributed by atoms with Crippen molar-refractivity contribution in [3.63, 3.8) is 0 Å². The molecule has 1 aromatic carbocycles. The first kappa shape index (κ1) is 30.6. The quantitative estimate of drug-likeness (QED) is 0.162. The molecule has 226 valence electrons. The summed E-state index contributed by atoms with van der Waals surface area (Å²) in [6, 6.07) is 7.05. The molecule has 0 radical (unpaired) electrons. The molecule has 0 N–H and O–H groups in total. The fourth-order valence-electron chi connectivity index (χ4n) is 10.1. The Morgan fingerprint density at radius 2 is 1.66 bits per heavy atom.